The van der Waals surface area contributed by atoms with Crippen LogP contribution in [-0.2, 0) is 11.3 Å². The molecule has 1 saturated heterocycles. The van der Waals surface area contributed by atoms with E-state index < -0.39 is 10.7 Å². The van der Waals surface area contributed by atoms with Gasteiger partial charge in [-0.15, -0.1) is 12.4 Å². The van der Waals surface area contributed by atoms with Crippen LogP contribution in [0.2, 0.25) is 5.02 Å². The molecular weight excluding hydrogens is 297 g/mol. The first kappa shape index (κ1) is 15.7. The molecule has 1 aliphatic rings. The van der Waals surface area contributed by atoms with Crippen molar-refractivity contribution in [2.24, 2.45) is 0 Å². The number of nitro groups is 1. The van der Waals surface area contributed by atoms with Crippen LogP contribution in [0.4, 0.5) is 5.82 Å². The highest BCUT2D eigenvalue weighted by Crippen LogP contribution is 2.21. The Kier molecular flexibility index (Phi) is 5.52. The Bertz CT molecular complexity index is 472. The number of piperazine rings is 1. The van der Waals surface area contributed by atoms with Crippen molar-refractivity contribution >= 4 is 35.7 Å². The van der Waals surface area contributed by atoms with Gasteiger partial charge in [-0.3, -0.25) is 4.79 Å². The molecule has 1 N–H and O–H groups in total. The maximum absolute atomic E-state index is 11.9. The molecule has 106 valence electrons. The van der Waals surface area contributed by atoms with Gasteiger partial charge in [-0.25, -0.2) is 0 Å². The first-order chi connectivity index (χ1) is 8.58. The minimum absolute atomic E-state index is 0. The van der Waals surface area contributed by atoms with E-state index >= 15 is 0 Å². The second kappa shape index (κ2) is 6.69. The summed E-state index contributed by atoms with van der Waals surface area (Å²) in [6, 6.07) is 0. The molecular formula is C9H13Cl2N5O3. The predicted molar refractivity (Wildman–Crippen MR) is 70.6 cm³/mol. The highest BCUT2D eigenvalue weighted by atomic mass is 35.5. The molecule has 19 heavy (non-hydrogen) atoms. The van der Waals surface area contributed by atoms with Crippen molar-refractivity contribution in [1.29, 1.82) is 0 Å². The van der Waals surface area contributed by atoms with E-state index in [1.807, 2.05) is 0 Å². The number of nitrogens with one attached hydrogen (secondary N) is 1. The highest BCUT2D eigenvalue weighted by molar-refractivity contribution is 6.32. The summed E-state index contributed by atoms with van der Waals surface area (Å²) in [6.07, 6.45) is 1.29. The van der Waals surface area contributed by atoms with Crippen molar-refractivity contribution in [3.63, 3.8) is 0 Å². The number of hydrogen-bond donors (Lipinski definition) is 1. The van der Waals surface area contributed by atoms with Gasteiger partial charge in [0.1, 0.15) is 6.54 Å². The van der Waals surface area contributed by atoms with Gasteiger partial charge in [0, 0.05) is 26.2 Å². The number of hydrogen-bond acceptors (Lipinski definition) is 5. The first-order valence-electron chi connectivity index (χ1n) is 5.44. The molecule has 10 heteroatoms. The quantitative estimate of drug-likeness (QED) is 0.640. The Balaban J connectivity index is 0.00000180. The molecule has 0 unspecified atom stereocenters. The lowest BCUT2D eigenvalue weighted by molar-refractivity contribution is -0.389. The summed E-state index contributed by atoms with van der Waals surface area (Å²) < 4.78 is 1.20. The first-order valence-corrected chi connectivity index (χ1v) is 5.81. The average molecular weight is 310 g/mol. The van der Waals surface area contributed by atoms with Crippen LogP contribution in [0.15, 0.2) is 6.20 Å². The molecule has 0 spiro atoms. The molecule has 0 atom stereocenters. The van der Waals surface area contributed by atoms with Gasteiger partial charge in [0.05, 0.1) is 11.3 Å². The Morgan fingerprint density at radius 3 is 2.68 bits per heavy atom. The van der Waals surface area contributed by atoms with Crippen molar-refractivity contribution in [2.45, 2.75) is 6.54 Å². The Morgan fingerprint density at radius 1 is 1.53 bits per heavy atom. The van der Waals surface area contributed by atoms with Crippen molar-refractivity contribution < 1.29 is 9.72 Å². The molecule has 1 aromatic rings. The lowest BCUT2D eigenvalue weighted by atomic mass is 10.3. The van der Waals surface area contributed by atoms with Gasteiger partial charge in [0.25, 0.3) is 0 Å². The number of halogens is 2. The van der Waals surface area contributed by atoms with Crippen LogP contribution in [0.1, 0.15) is 0 Å². The van der Waals surface area contributed by atoms with Gasteiger partial charge in [-0.05, 0) is 4.92 Å². The smallest absolute Gasteiger partial charge is 0.358 e. The summed E-state index contributed by atoms with van der Waals surface area (Å²) in [5, 5.41) is 17.3. The fourth-order valence-corrected chi connectivity index (χ4v) is 1.96. The zero-order valence-corrected chi connectivity index (χ0v) is 11.5. The molecule has 2 rings (SSSR count). The van der Waals surface area contributed by atoms with Gasteiger partial charge in [0.15, 0.2) is 5.02 Å². The van der Waals surface area contributed by atoms with Gasteiger partial charge in [-0.1, -0.05) is 11.6 Å². The van der Waals surface area contributed by atoms with Gasteiger partial charge in [0.2, 0.25) is 5.91 Å². The van der Waals surface area contributed by atoms with Crippen molar-refractivity contribution in [3.05, 3.63) is 21.3 Å². The maximum Gasteiger partial charge on any atom is 0.408 e. The van der Waals surface area contributed by atoms with Crippen LogP contribution in [0.3, 0.4) is 0 Å². The van der Waals surface area contributed by atoms with Gasteiger partial charge >= 0.3 is 5.82 Å². The molecule has 8 nitrogen and oxygen atoms in total. The van der Waals surface area contributed by atoms with Crippen molar-refractivity contribution in [1.82, 2.24) is 20.0 Å². The highest BCUT2D eigenvalue weighted by Gasteiger charge is 2.22. The van der Waals surface area contributed by atoms with E-state index in [9.17, 15) is 14.9 Å². The molecule has 1 aliphatic heterocycles. The van der Waals surface area contributed by atoms with Crippen LogP contribution >= 0.6 is 24.0 Å². The molecule has 0 aliphatic carbocycles. The SMILES string of the molecule is Cl.O=C(Cn1cc(Cl)c([N+](=O)[O-])n1)N1CCNCC1. The monoisotopic (exact) mass is 309 g/mol. The molecule has 2 heterocycles. The zero-order valence-electron chi connectivity index (χ0n) is 9.91. The van der Waals surface area contributed by atoms with E-state index in [0.717, 1.165) is 13.1 Å². The molecule has 0 radical (unpaired) electrons. The number of carbonyl (C=O) groups excluding carboxylic acids is 1. The minimum Gasteiger partial charge on any atom is -0.358 e. The average Bonchev–Trinajstić information content (AvgIpc) is 2.71. The summed E-state index contributed by atoms with van der Waals surface area (Å²) in [4.78, 5) is 23.5. The third-order valence-electron chi connectivity index (χ3n) is 2.64. The summed E-state index contributed by atoms with van der Waals surface area (Å²) in [5.74, 6) is -0.546. The topological polar surface area (TPSA) is 93.3 Å². The number of nitrogens with zero attached hydrogens (tertiary/aromatic N) is 4. The third kappa shape index (κ3) is 3.79. The second-order valence-electron chi connectivity index (χ2n) is 3.89. The van der Waals surface area contributed by atoms with E-state index in [1.54, 1.807) is 4.90 Å². The number of rotatable bonds is 3. The Morgan fingerprint density at radius 2 is 2.16 bits per heavy atom. The lowest BCUT2D eigenvalue weighted by Crippen LogP contribution is -2.47. The summed E-state index contributed by atoms with van der Waals surface area (Å²) in [5.41, 5.74) is 0. The number of aromatic nitrogens is 2. The Labute approximate surface area is 120 Å². The lowest BCUT2D eigenvalue weighted by Gasteiger charge is -2.26. The van der Waals surface area contributed by atoms with Crippen LogP contribution < -0.4 is 5.32 Å². The Hall–Kier alpha value is -1.38. The van der Waals surface area contributed by atoms with Gasteiger partial charge < -0.3 is 20.3 Å². The molecule has 1 aromatic heterocycles. The summed E-state index contributed by atoms with van der Waals surface area (Å²) in [6.45, 7) is 2.75. The summed E-state index contributed by atoms with van der Waals surface area (Å²) in [7, 11) is 0. The molecule has 0 saturated carbocycles. The van der Waals surface area contributed by atoms with Crippen LogP contribution in [-0.4, -0.2) is 51.7 Å². The van der Waals surface area contributed by atoms with Crippen LogP contribution in [0, 0.1) is 10.1 Å². The largest absolute Gasteiger partial charge is 0.408 e. The summed E-state index contributed by atoms with van der Waals surface area (Å²) >= 11 is 5.65. The predicted octanol–water partition coefficient (Wildman–Crippen LogP) is 0.298. The zero-order chi connectivity index (χ0) is 13.1. The van der Waals surface area contributed by atoms with E-state index in [4.69, 9.17) is 11.6 Å². The van der Waals surface area contributed by atoms with Crippen molar-refractivity contribution in [2.75, 3.05) is 26.2 Å². The third-order valence-corrected chi connectivity index (χ3v) is 2.91. The van der Waals surface area contributed by atoms with E-state index in [0.29, 0.717) is 13.1 Å². The standard InChI is InChI=1S/C9H12ClN5O3.ClH/c10-7-5-14(12-9(7)15(17)18)6-8(16)13-3-1-11-2-4-13;/h5,11H,1-4,6H2;1H. The number of carbonyl (C=O) groups is 1. The van der Waals surface area contributed by atoms with E-state index in [2.05, 4.69) is 10.4 Å². The fraction of sp³-hybridized carbons (Fsp3) is 0.556. The normalized spacial score (nSPS) is 14.9. The van der Waals surface area contributed by atoms with E-state index in [-0.39, 0.29) is 29.9 Å². The van der Waals surface area contributed by atoms with E-state index in [1.165, 1.54) is 10.9 Å². The number of amides is 1. The molecule has 1 fully saturated rings. The fourth-order valence-electron chi connectivity index (χ4n) is 1.74. The van der Waals surface area contributed by atoms with Crippen LogP contribution in [0.5, 0.6) is 0 Å². The molecule has 0 aromatic carbocycles. The second-order valence-corrected chi connectivity index (χ2v) is 4.29. The molecule has 0 bridgehead atoms. The molecule has 1 amide bonds. The van der Waals surface area contributed by atoms with Crippen LogP contribution in [0.25, 0.3) is 0 Å². The minimum atomic E-state index is -0.672. The van der Waals surface area contributed by atoms with Crippen molar-refractivity contribution in [3.8, 4) is 0 Å². The van der Waals surface area contributed by atoms with Gasteiger partial charge in [-0.2, -0.15) is 4.68 Å². The maximum atomic E-state index is 11.9.